The molecule has 0 bridgehead atoms. The van der Waals surface area contributed by atoms with Gasteiger partial charge in [-0.1, -0.05) is 6.08 Å². The molecular formula is C15H27N2O2P. The van der Waals surface area contributed by atoms with Crippen LogP contribution in [0.2, 0.25) is 0 Å². The number of rotatable bonds is 9. The second kappa shape index (κ2) is 8.74. The van der Waals surface area contributed by atoms with E-state index in [2.05, 4.69) is 45.0 Å². The van der Waals surface area contributed by atoms with Crippen molar-refractivity contribution in [2.75, 3.05) is 6.61 Å². The van der Waals surface area contributed by atoms with Crippen molar-refractivity contribution in [3.63, 3.8) is 0 Å². The van der Waals surface area contributed by atoms with Crippen LogP contribution in [0.1, 0.15) is 47.0 Å². The first-order valence-electron chi connectivity index (χ1n) is 7.37. The van der Waals surface area contributed by atoms with E-state index in [9.17, 15) is 0 Å². The van der Waals surface area contributed by atoms with Gasteiger partial charge in [-0.3, -0.25) is 0 Å². The molecule has 1 unspecified atom stereocenters. The predicted molar refractivity (Wildman–Crippen MR) is 83.0 cm³/mol. The summed E-state index contributed by atoms with van der Waals surface area (Å²) in [7, 11) is -1.08. The quantitative estimate of drug-likeness (QED) is 0.363. The average Bonchev–Trinajstić information content (AvgIpc) is 2.31. The minimum absolute atomic E-state index is 0.270. The van der Waals surface area contributed by atoms with Crippen LogP contribution in [0.4, 0.5) is 0 Å². The van der Waals surface area contributed by atoms with Crippen LogP contribution in [0.25, 0.3) is 0 Å². The third-order valence-corrected chi connectivity index (χ3v) is 5.55. The van der Waals surface area contributed by atoms with Crippen molar-refractivity contribution >= 4 is 8.53 Å². The average molecular weight is 298 g/mol. The predicted octanol–water partition coefficient (Wildman–Crippen LogP) is 4.24. The van der Waals surface area contributed by atoms with Crippen LogP contribution in [0.15, 0.2) is 12.7 Å². The van der Waals surface area contributed by atoms with Gasteiger partial charge in [0.2, 0.25) is 0 Å². The van der Waals surface area contributed by atoms with E-state index < -0.39 is 8.53 Å². The molecule has 1 aliphatic rings. The summed E-state index contributed by atoms with van der Waals surface area (Å²) in [5.74, 6) is 0.586. The molecule has 1 saturated carbocycles. The lowest BCUT2D eigenvalue weighted by atomic mass is 9.83. The van der Waals surface area contributed by atoms with Crippen LogP contribution in [0, 0.1) is 17.2 Å². The minimum atomic E-state index is -1.08. The topological polar surface area (TPSA) is 45.5 Å². The highest BCUT2D eigenvalue weighted by Gasteiger charge is 2.35. The molecule has 0 aromatic carbocycles. The van der Waals surface area contributed by atoms with E-state index in [0.29, 0.717) is 31.0 Å². The Morgan fingerprint density at radius 2 is 1.95 bits per heavy atom. The molecule has 0 heterocycles. The van der Waals surface area contributed by atoms with Gasteiger partial charge in [-0.15, -0.1) is 6.58 Å². The van der Waals surface area contributed by atoms with E-state index in [1.807, 2.05) is 6.08 Å². The van der Waals surface area contributed by atoms with E-state index in [0.717, 1.165) is 12.8 Å². The first-order valence-corrected chi connectivity index (χ1v) is 8.50. The third-order valence-electron chi connectivity index (χ3n) is 3.37. The molecule has 0 saturated heterocycles. The van der Waals surface area contributed by atoms with Crippen molar-refractivity contribution in [3.05, 3.63) is 12.7 Å². The van der Waals surface area contributed by atoms with Crippen LogP contribution in [0.5, 0.6) is 0 Å². The summed E-state index contributed by atoms with van der Waals surface area (Å²) in [6.45, 7) is 12.9. The lowest BCUT2D eigenvalue weighted by Crippen LogP contribution is -2.37. The van der Waals surface area contributed by atoms with Crippen molar-refractivity contribution in [2.45, 2.75) is 65.1 Å². The zero-order valence-corrected chi connectivity index (χ0v) is 14.0. The van der Waals surface area contributed by atoms with E-state index in [4.69, 9.17) is 14.3 Å². The maximum absolute atomic E-state index is 8.65. The molecule has 1 fully saturated rings. The Bertz CT molecular complexity index is 327. The van der Waals surface area contributed by atoms with Crippen molar-refractivity contribution in [3.8, 4) is 6.07 Å². The summed E-state index contributed by atoms with van der Waals surface area (Å²) < 4.78 is 14.3. The van der Waals surface area contributed by atoms with E-state index in [1.54, 1.807) is 0 Å². The van der Waals surface area contributed by atoms with Gasteiger partial charge in [0.15, 0.2) is 0 Å². The zero-order valence-electron chi connectivity index (χ0n) is 13.1. The van der Waals surface area contributed by atoms with Crippen LogP contribution >= 0.6 is 8.53 Å². The molecule has 0 radical (unpaired) electrons. The normalized spacial score (nSPS) is 23.7. The molecule has 1 rings (SSSR count). The van der Waals surface area contributed by atoms with Gasteiger partial charge in [-0.25, -0.2) is 4.67 Å². The first kappa shape index (κ1) is 17.6. The Morgan fingerprint density at radius 3 is 2.40 bits per heavy atom. The SMILES string of the molecule is C=C[C@H]1C[C@H](OP(OCCC#N)N(C(C)C)C(C)C)C1. The Morgan fingerprint density at radius 1 is 1.35 bits per heavy atom. The highest BCUT2D eigenvalue weighted by Crippen LogP contribution is 2.50. The monoisotopic (exact) mass is 298 g/mol. The molecule has 4 nitrogen and oxygen atoms in total. The second-order valence-electron chi connectivity index (χ2n) is 5.74. The highest BCUT2D eigenvalue weighted by atomic mass is 31.2. The Balaban J connectivity index is 2.59. The summed E-state index contributed by atoms with van der Waals surface area (Å²) in [6.07, 6.45) is 4.75. The van der Waals surface area contributed by atoms with Crippen LogP contribution < -0.4 is 0 Å². The summed E-state index contributed by atoms with van der Waals surface area (Å²) >= 11 is 0. The molecule has 0 aromatic rings. The largest absolute Gasteiger partial charge is 0.321 e. The lowest BCUT2D eigenvalue weighted by Gasteiger charge is -2.41. The van der Waals surface area contributed by atoms with Gasteiger partial charge in [0.25, 0.3) is 8.53 Å². The molecule has 114 valence electrons. The number of nitrogens with zero attached hydrogens (tertiary/aromatic N) is 2. The number of hydrogen-bond acceptors (Lipinski definition) is 4. The molecule has 0 spiro atoms. The van der Waals surface area contributed by atoms with E-state index >= 15 is 0 Å². The van der Waals surface area contributed by atoms with Gasteiger partial charge in [-0.2, -0.15) is 5.26 Å². The Hall–Kier alpha value is -0.460. The fourth-order valence-corrected chi connectivity index (χ4v) is 4.04. The summed E-state index contributed by atoms with van der Waals surface area (Å²) in [4.78, 5) is 0. The van der Waals surface area contributed by atoms with E-state index in [-0.39, 0.29) is 6.10 Å². The molecule has 0 aliphatic heterocycles. The fraction of sp³-hybridized carbons (Fsp3) is 0.800. The van der Waals surface area contributed by atoms with Crippen LogP contribution in [0.3, 0.4) is 0 Å². The summed E-state index contributed by atoms with van der Waals surface area (Å²) in [5, 5.41) is 8.65. The standard InChI is InChI=1S/C15H27N2O2P/c1-6-14-10-15(11-14)19-20(18-9-7-8-16)17(12(2)3)13(4)5/h6,12-15H,1,7,9-11H2,2-5H3/t14-,15-,20?. The number of hydrogen-bond donors (Lipinski definition) is 0. The van der Waals surface area contributed by atoms with E-state index in [1.165, 1.54) is 0 Å². The Kier molecular flexibility index (Phi) is 7.69. The molecule has 5 heteroatoms. The van der Waals surface area contributed by atoms with Gasteiger partial charge in [0.05, 0.1) is 25.2 Å². The second-order valence-corrected chi connectivity index (χ2v) is 7.15. The van der Waals surface area contributed by atoms with Crippen molar-refractivity contribution in [1.29, 1.82) is 5.26 Å². The molecule has 20 heavy (non-hydrogen) atoms. The molecule has 0 aromatic heterocycles. The smallest absolute Gasteiger partial charge is 0.259 e. The van der Waals surface area contributed by atoms with Crippen molar-refractivity contribution in [1.82, 2.24) is 4.67 Å². The van der Waals surface area contributed by atoms with Crippen molar-refractivity contribution in [2.24, 2.45) is 5.92 Å². The molecule has 1 aliphatic carbocycles. The maximum atomic E-state index is 8.65. The number of allylic oxidation sites excluding steroid dienone is 1. The molecule has 0 N–H and O–H groups in total. The van der Waals surface area contributed by atoms with Gasteiger partial charge >= 0.3 is 0 Å². The van der Waals surface area contributed by atoms with Gasteiger partial charge < -0.3 is 9.05 Å². The zero-order chi connectivity index (χ0) is 15.1. The van der Waals surface area contributed by atoms with Crippen LogP contribution in [-0.4, -0.2) is 29.5 Å². The van der Waals surface area contributed by atoms with Crippen molar-refractivity contribution < 1.29 is 9.05 Å². The van der Waals surface area contributed by atoms with Gasteiger partial charge in [0, 0.05) is 12.1 Å². The molecule has 1 atom stereocenters. The van der Waals surface area contributed by atoms with Gasteiger partial charge in [0.1, 0.15) is 0 Å². The summed E-state index contributed by atoms with van der Waals surface area (Å²) in [6, 6.07) is 2.84. The number of nitriles is 1. The fourth-order valence-electron chi connectivity index (χ4n) is 2.31. The third kappa shape index (κ3) is 5.14. The van der Waals surface area contributed by atoms with Crippen LogP contribution in [-0.2, 0) is 9.05 Å². The maximum Gasteiger partial charge on any atom is 0.259 e. The van der Waals surface area contributed by atoms with Gasteiger partial charge in [-0.05, 0) is 46.5 Å². The lowest BCUT2D eigenvalue weighted by molar-refractivity contribution is 0.0599. The summed E-state index contributed by atoms with van der Waals surface area (Å²) in [5.41, 5.74) is 0. The Labute approximate surface area is 124 Å². The molecular weight excluding hydrogens is 271 g/mol. The highest BCUT2D eigenvalue weighted by molar-refractivity contribution is 7.44. The minimum Gasteiger partial charge on any atom is -0.321 e. The first-order chi connectivity index (χ1) is 9.49. The molecule has 0 amide bonds.